The van der Waals surface area contributed by atoms with Crippen LogP contribution in [0, 0.1) is 0 Å². The Balaban J connectivity index is 1.45. The minimum absolute atomic E-state index is 0.0936. The Labute approximate surface area is 133 Å². The monoisotopic (exact) mass is 310 g/mol. The van der Waals surface area contributed by atoms with E-state index in [2.05, 4.69) is 15.5 Å². The van der Waals surface area contributed by atoms with Crippen molar-refractivity contribution in [2.24, 2.45) is 0 Å². The van der Waals surface area contributed by atoms with Gasteiger partial charge in [-0.25, -0.2) is 0 Å². The Hall–Kier alpha value is -2.63. The molecule has 2 heterocycles. The SMILES string of the molecule is C[C@H](C(=O)Nc1cc(C2CC2)[nH]n1)N1Cc2ccccc2C1=O. The number of aromatic amines is 1. The molecule has 1 aliphatic carbocycles. The number of anilines is 1. The first-order valence-electron chi connectivity index (χ1n) is 7.88. The molecule has 6 heteroatoms. The summed E-state index contributed by atoms with van der Waals surface area (Å²) in [5.41, 5.74) is 2.72. The number of H-pyrrole nitrogens is 1. The molecule has 1 aliphatic heterocycles. The fourth-order valence-electron chi connectivity index (χ4n) is 2.97. The van der Waals surface area contributed by atoms with Gasteiger partial charge in [-0.1, -0.05) is 18.2 Å². The number of hydrogen-bond donors (Lipinski definition) is 2. The summed E-state index contributed by atoms with van der Waals surface area (Å²) in [6, 6.07) is 8.81. The highest BCUT2D eigenvalue weighted by molar-refractivity contribution is 6.03. The van der Waals surface area contributed by atoms with Crippen molar-refractivity contribution in [2.45, 2.75) is 38.3 Å². The van der Waals surface area contributed by atoms with E-state index in [1.54, 1.807) is 17.9 Å². The topological polar surface area (TPSA) is 78.1 Å². The van der Waals surface area contributed by atoms with Crippen molar-refractivity contribution in [1.82, 2.24) is 15.1 Å². The summed E-state index contributed by atoms with van der Waals surface area (Å²) in [6.45, 7) is 2.21. The van der Waals surface area contributed by atoms with Crippen LogP contribution in [0.25, 0.3) is 0 Å². The zero-order chi connectivity index (χ0) is 16.0. The van der Waals surface area contributed by atoms with Crippen LogP contribution in [-0.4, -0.2) is 33.0 Å². The lowest BCUT2D eigenvalue weighted by atomic mass is 10.1. The number of hydrogen-bond acceptors (Lipinski definition) is 3. The van der Waals surface area contributed by atoms with E-state index in [1.165, 1.54) is 12.8 Å². The number of rotatable bonds is 4. The molecular weight excluding hydrogens is 292 g/mol. The van der Waals surface area contributed by atoms with Crippen LogP contribution < -0.4 is 5.32 Å². The quantitative estimate of drug-likeness (QED) is 0.909. The second-order valence-corrected chi connectivity index (χ2v) is 6.24. The molecule has 0 unspecified atom stereocenters. The van der Waals surface area contributed by atoms with Gasteiger partial charge < -0.3 is 10.2 Å². The van der Waals surface area contributed by atoms with Crippen molar-refractivity contribution in [3.63, 3.8) is 0 Å². The molecule has 1 aromatic carbocycles. The summed E-state index contributed by atoms with van der Waals surface area (Å²) < 4.78 is 0. The molecule has 0 bridgehead atoms. The van der Waals surface area contributed by atoms with Crippen LogP contribution >= 0.6 is 0 Å². The maximum atomic E-state index is 12.4. The number of carbonyl (C=O) groups excluding carboxylic acids is 2. The number of fused-ring (bicyclic) bond motifs is 1. The third kappa shape index (κ3) is 2.50. The lowest BCUT2D eigenvalue weighted by molar-refractivity contribution is -0.120. The van der Waals surface area contributed by atoms with E-state index in [4.69, 9.17) is 0 Å². The maximum absolute atomic E-state index is 12.4. The summed E-state index contributed by atoms with van der Waals surface area (Å²) in [5, 5.41) is 9.88. The molecule has 4 rings (SSSR count). The molecular formula is C17H18N4O2. The van der Waals surface area contributed by atoms with Crippen LogP contribution in [-0.2, 0) is 11.3 Å². The van der Waals surface area contributed by atoms with Crippen molar-refractivity contribution in [1.29, 1.82) is 0 Å². The Morgan fingerprint density at radius 3 is 2.91 bits per heavy atom. The molecule has 1 saturated carbocycles. The lowest BCUT2D eigenvalue weighted by Gasteiger charge is -2.22. The van der Waals surface area contributed by atoms with E-state index in [0.29, 0.717) is 23.8 Å². The van der Waals surface area contributed by atoms with Crippen LogP contribution in [0.1, 0.15) is 47.3 Å². The van der Waals surface area contributed by atoms with E-state index in [-0.39, 0.29) is 11.8 Å². The van der Waals surface area contributed by atoms with Gasteiger partial charge in [0.05, 0.1) is 0 Å². The molecule has 23 heavy (non-hydrogen) atoms. The standard InChI is InChI=1S/C17H18N4O2/c1-10(21-9-12-4-2-3-5-13(12)17(21)23)16(22)18-15-8-14(19-20-15)11-6-7-11/h2-5,8,10-11H,6-7,9H2,1H3,(H2,18,19,20,22)/t10-/m1/s1. The predicted octanol–water partition coefficient (Wildman–Crippen LogP) is 2.27. The maximum Gasteiger partial charge on any atom is 0.255 e. The third-order valence-electron chi connectivity index (χ3n) is 4.56. The largest absolute Gasteiger partial charge is 0.323 e. The molecule has 0 saturated heterocycles. The fraction of sp³-hybridized carbons (Fsp3) is 0.353. The van der Waals surface area contributed by atoms with Gasteiger partial charge in [-0.15, -0.1) is 0 Å². The van der Waals surface area contributed by atoms with Crippen molar-refractivity contribution in [3.05, 3.63) is 47.2 Å². The Bertz CT molecular complexity index is 778. The summed E-state index contributed by atoms with van der Waals surface area (Å²) >= 11 is 0. The van der Waals surface area contributed by atoms with Gasteiger partial charge in [0, 0.05) is 29.8 Å². The van der Waals surface area contributed by atoms with Crippen LogP contribution in [0.15, 0.2) is 30.3 Å². The van der Waals surface area contributed by atoms with Crippen LogP contribution in [0.3, 0.4) is 0 Å². The minimum atomic E-state index is -0.545. The third-order valence-corrected chi connectivity index (χ3v) is 4.56. The lowest BCUT2D eigenvalue weighted by Crippen LogP contribution is -2.42. The van der Waals surface area contributed by atoms with Gasteiger partial charge in [-0.2, -0.15) is 5.10 Å². The van der Waals surface area contributed by atoms with E-state index >= 15 is 0 Å². The zero-order valence-electron chi connectivity index (χ0n) is 12.9. The Morgan fingerprint density at radius 1 is 1.39 bits per heavy atom. The Kier molecular flexibility index (Phi) is 3.18. The highest BCUT2D eigenvalue weighted by Crippen LogP contribution is 2.39. The molecule has 6 nitrogen and oxygen atoms in total. The van der Waals surface area contributed by atoms with Gasteiger partial charge in [-0.05, 0) is 31.4 Å². The summed E-state index contributed by atoms with van der Waals surface area (Å²) in [4.78, 5) is 26.4. The van der Waals surface area contributed by atoms with Gasteiger partial charge in [0.1, 0.15) is 6.04 Å². The second kappa shape index (κ2) is 5.22. The second-order valence-electron chi connectivity index (χ2n) is 6.24. The van der Waals surface area contributed by atoms with Crippen LogP contribution in [0.5, 0.6) is 0 Å². The van der Waals surface area contributed by atoms with Crippen molar-refractivity contribution >= 4 is 17.6 Å². The molecule has 0 spiro atoms. The molecule has 2 amide bonds. The van der Waals surface area contributed by atoms with E-state index in [9.17, 15) is 9.59 Å². The highest BCUT2D eigenvalue weighted by Gasteiger charge is 2.34. The predicted molar refractivity (Wildman–Crippen MR) is 85.0 cm³/mol. The first kappa shape index (κ1) is 14.0. The highest BCUT2D eigenvalue weighted by atomic mass is 16.2. The first-order chi connectivity index (χ1) is 11.1. The molecule has 2 aromatic rings. The first-order valence-corrected chi connectivity index (χ1v) is 7.88. The number of nitrogens with one attached hydrogen (secondary N) is 2. The van der Waals surface area contributed by atoms with E-state index in [1.807, 2.05) is 24.3 Å². The number of benzene rings is 1. The van der Waals surface area contributed by atoms with Gasteiger partial charge in [-0.3, -0.25) is 14.7 Å². The number of amides is 2. The number of nitrogens with zero attached hydrogens (tertiary/aromatic N) is 2. The van der Waals surface area contributed by atoms with Gasteiger partial charge in [0.25, 0.3) is 5.91 Å². The van der Waals surface area contributed by atoms with Crippen molar-refractivity contribution in [3.8, 4) is 0 Å². The van der Waals surface area contributed by atoms with Gasteiger partial charge in [0.15, 0.2) is 5.82 Å². The fourth-order valence-corrected chi connectivity index (χ4v) is 2.97. The van der Waals surface area contributed by atoms with Crippen LogP contribution in [0.2, 0.25) is 0 Å². The van der Waals surface area contributed by atoms with Crippen molar-refractivity contribution < 1.29 is 9.59 Å². The van der Waals surface area contributed by atoms with E-state index in [0.717, 1.165) is 11.3 Å². The van der Waals surface area contributed by atoms with Crippen LogP contribution in [0.4, 0.5) is 5.82 Å². The molecule has 0 radical (unpaired) electrons. The number of aromatic nitrogens is 2. The average molecular weight is 310 g/mol. The summed E-state index contributed by atoms with van der Waals surface area (Å²) in [5.74, 6) is 0.761. The smallest absolute Gasteiger partial charge is 0.255 e. The van der Waals surface area contributed by atoms with E-state index < -0.39 is 6.04 Å². The number of carbonyl (C=O) groups is 2. The molecule has 118 valence electrons. The molecule has 1 atom stereocenters. The summed E-state index contributed by atoms with van der Waals surface area (Å²) in [7, 11) is 0. The molecule has 1 aromatic heterocycles. The normalized spacial score (nSPS) is 18.0. The average Bonchev–Trinajstić information content (AvgIpc) is 3.22. The van der Waals surface area contributed by atoms with Gasteiger partial charge >= 0.3 is 0 Å². The molecule has 1 fully saturated rings. The summed E-state index contributed by atoms with van der Waals surface area (Å²) in [6.07, 6.45) is 2.35. The minimum Gasteiger partial charge on any atom is -0.323 e. The molecule has 2 N–H and O–H groups in total. The zero-order valence-corrected chi connectivity index (χ0v) is 12.9. The van der Waals surface area contributed by atoms with Gasteiger partial charge in [0.2, 0.25) is 5.91 Å². The van der Waals surface area contributed by atoms with Crippen molar-refractivity contribution in [2.75, 3.05) is 5.32 Å². The molecule has 2 aliphatic rings. The Morgan fingerprint density at radius 2 is 2.17 bits per heavy atom.